The van der Waals surface area contributed by atoms with E-state index in [9.17, 15) is 9.59 Å². The topological polar surface area (TPSA) is 82.1 Å². The van der Waals surface area contributed by atoms with Gasteiger partial charge in [-0.25, -0.2) is 9.78 Å². The second-order valence-electron chi connectivity index (χ2n) is 7.34. The molecule has 31 heavy (non-hydrogen) atoms. The molecule has 154 valence electrons. The first-order chi connectivity index (χ1) is 15.1. The quantitative estimate of drug-likeness (QED) is 0.470. The lowest BCUT2D eigenvalue weighted by Gasteiger charge is -2.07. The van der Waals surface area contributed by atoms with Crippen molar-refractivity contribution >= 4 is 33.7 Å². The van der Waals surface area contributed by atoms with Crippen LogP contribution >= 0.6 is 0 Å². The molecule has 0 radical (unpaired) electrons. The van der Waals surface area contributed by atoms with Crippen LogP contribution in [0.5, 0.6) is 0 Å². The molecule has 0 bridgehead atoms. The molecule has 2 aromatic heterocycles. The summed E-state index contributed by atoms with van der Waals surface area (Å²) in [5.41, 5.74) is 4.59. The fourth-order valence-electron chi connectivity index (χ4n) is 3.71. The smallest absolute Gasteiger partial charge is 0.328 e. The number of carbonyl (C=O) groups is 1. The van der Waals surface area contributed by atoms with Gasteiger partial charge in [0.05, 0.1) is 11.0 Å². The van der Waals surface area contributed by atoms with Crippen LogP contribution in [0.2, 0.25) is 0 Å². The highest BCUT2D eigenvalue weighted by Crippen LogP contribution is 2.25. The van der Waals surface area contributed by atoms with Gasteiger partial charge in [0.25, 0.3) is 0 Å². The molecule has 3 aromatic carbocycles. The van der Waals surface area contributed by atoms with E-state index in [-0.39, 0.29) is 18.0 Å². The highest BCUT2D eigenvalue weighted by molar-refractivity contribution is 5.91. The lowest BCUT2D eigenvalue weighted by atomic mass is 10.2. The van der Waals surface area contributed by atoms with Gasteiger partial charge in [0, 0.05) is 31.3 Å². The number of nitrogens with zero attached hydrogens (tertiary/aromatic N) is 3. The fourth-order valence-corrected chi connectivity index (χ4v) is 3.71. The Morgan fingerprint density at radius 3 is 2.45 bits per heavy atom. The maximum absolute atomic E-state index is 12.5. The van der Waals surface area contributed by atoms with E-state index in [0.29, 0.717) is 18.1 Å². The Labute approximate surface area is 177 Å². The van der Waals surface area contributed by atoms with Crippen molar-refractivity contribution in [3.05, 3.63) is 83.3 Å². The number of oxazole rings is 1. The summed E-state index contributed by atoms with van der Waals surface area (Å²) in [5.74, 6) is 0.379. The van der Waals surface area contributed by atoms with E-state index in [1.165, 1.54) is 0 Å². The van der Waals surface area contributed by atoms with E-state index in [0.717, 1.165) is 27.7 Å². The third kappa shape index (κ3) is 3.50. The summed E-state index contributed by atoms with van der Waals surface area (Å²) >= 11 is 0. The predicted octanol–water partition coefficient (Wildman–Crippen LogP) is 4.18. The number of fused-ring (bicyclic) bond motifs is 2. The van der Waals surface area contributed by atoms with Crippen LogP contribution in [0.25, 0.3) is 33.6 Å². The van der Waals surface area contributed by atoms with Crippen molar-refractivity contribution < 1.29 is 9.21 Å². The summed E-state index contributed by atoms with van der Waals surface area (Å²) in [5, 5.41) is 2.88. The third-order valence-corrected chi connectivity index (χ3v) is 5.32. The molecule has 0 fully saturated rings. The number of amides is 1. The zero-order valence-corrected chi connectivity index (χ0v) is 16.9. The third-order valence-electron chi connectivity index (χ3n) is 5.32. The van der Waals surface area contributed by atoms with Crippen molar-refractivity contribution in [1.29, 1.82) is 0 Å². The van der Waals surface area contributed by atoms with Crippen molar-refractivity contribution in [3.8, 4) is 11.5 Å². The van der Waals surface area contributed by atoms with Gasteiger partial charge in [-0.05, 0) is 48.5 Å². The molecule has 0 atom stereocenters. The van der Waals surface area contributed by atoms with E-state index < -0.39 is 0 Å². The van der Waals surface area contributed by atoms with Gasteiger partial charge in [0.1, 0.15) is 5.52 Å². The van der Waals surface area contributed by atoms with Crippen molar-refractivity contribution in [2.75, 3.05) is 5.32 Å². The summed E-state index contributed by atoms with van der Waals surface area (Å²) in [6, 6.07) is 22.5. The summed E-state index contributed by atoms with van der Waals surface area (Å²) in [6.45, 7) is 0.313. The fraction of sp³-hybridized carbons (Fsp3) is 0.125. The van der Waals surface area contributed by atoms with Crippen molar-refractivity contribution in [3.63, 3.8) is 0 Å². The van der Waals surface area contributed by atoms with Crippen LogP contribution in [0.15, 0.2) is 82.0 Å². The minimum Gasteiger partial charge on any atom is -0.436 e. The number of nitrogens with one attached hydrogen (secondary N) is 1. The average molecular weight is 412 g/mol. The van der Waals surface area contributed by atoms with E-state index in [4.69, 9.17) is 4.42 Å². The molecule has 1 amide bonds. The van der Waals surface area contributed by atoms with Crippen molar-refractivity contribution in [1.82, 2.24) is 14.1 Å². The van der Waals surface area contributed by atoms with Crippen LogP contribution in [-0.4, -0.2) is 20.0 Å². The SMILES string of the molecule is Cn1c(=O)n(CCC(=O)Nc2ccc(-c3nc4ccccc4o3)cc2)c2ccccc21. The van der Waals surface area contributed by atoms with Crippen LogP contribution < -0.4 is 11.0 Å². The Morgan fingerprint density at radius 1 is 0.968 bits per heavy atom. The largest absolute Gasteiger partial charge is 0.436 e. The number of rotatable bonds is 5. The molecule has 0 saturated heterocycles. The molecule has 7 nitrogen and oxygen atoms in total. The standard InChI is InChI=1S/C24H20N4O3/c1-27-19-7-3-4-8-20(19)28(24(27)30)15-14-22(29)25-17-12-10-16(11-13-17)23-26-18-6-2-5-9-21(18)31-23/h2-13H,14-15H2,1H3,(H,25,29). The van der Waals surface area contributed by atoms with Gasteiger partial charge in [-0.1, -0.05) is 24.3 Å². The number of para-hydroxylation sites is 4. The minimum absolute atomic E-state index is 0.128. The lowest BCUT2D eigenvalue weighted by Crippen LogP contribution is -2.24. The maximum atomic E-state index is 12.5. The van der Waals surface area contributed by atoms with E-state index >= 15 is 0 Å². The summed E-state index contributed by atoms with van der Waals surface area (Å²) in [4.78, 5) is 29.4. The van der Waals surface area contributed by atoms with Gasteiger partial charge < -0.3 is 9.73 Å². The first-order valence-electron chi connectivity index (χ1n) is 10.0. The Hall–Kier alpha value is -4.13. The predicted molar refractivity (Wildman–Crippen MR) is 120 cm³/mol. The minimum atomic E-state index is -0.158. The molecule has 0 spiro atoms. The Bertz CT molecular complexity index is 1430. The average Bonchev–Trinajstić information content (AvgIpc) is 3.33. The van der Waals surface area contributed by atoms with Gasteiger partial charge >= 0.3 is 5.69 Å². The first kappa shape index (κ1) is 18.9. The number of imidazole rings is 1. The Balaban J connectivity index is 1.27. The molecule has 1 N–H and O–H groups in total. The summed E-state index contributed by atoms with van der Waals surface area (Å²) in [7, 11) is 1.74. The zero-order valence-electron chi connectivity index (χ0n) is 16.9. The molecule has 0 aliphatic carbocycles. The number of hydrogen-bond donors (Lipinski definition) is 1. The zero-order chi connectivity index (χ0) is 21.4. The molecular weight excluding hydrogens is 392 g/mol. The maximum Gasteiger partial charge on any atom is 0.328 e. The molecule has 5 aromatic rings. The molecule has 0 aliphatic heterocycles. The Kier molecular flexibility index (Phi) is 4.63. The number of carbonyl (C=O) groups excluding carboxylic acids is 1. The molecule has 0 aliphatic rings. The number of benzene rings is 3. The second-order valence-corrected chi connectivity index (χ2v) is 7.34. The lowest BCUT2D eigenvalue weighted by molar-refractivity contribution is -0.116. The van der Waals surface area contributed by atoms with Crippen LogP contribution in [0.1, 0.15) is 6.42 Å². The highest BCUT2D eigenvalue weighted by atomic mass is 16.3. The van der Waals surface area contributed by atoms with Gasteiger partial charge in [-0.15, -0.1) is 0 Å². The van der Waals surface area contributed by atoms with E-state index in [2.05, 4.69) is 10.3 Å². The van der Waals surface area contributed by atoms with Crippen molar-refractivity contribution in [2.45, 2.75) is 13.0 Å². The van der Waals surface area contributed by atoms with Crippen LogP contribution in [0, 0.1) is 0 Å². The normalized spacial score (nSPS) is 11.3. The highest BCUT2D eigenvalue weighted by Gasteiger charge is 2.12. The van der Waals surface area contributed by atoms with Gasteiger partial charge in [-0.2, -0.15) is 0 Å². The molecule has 7 heteroatoms. The molecule has 2 heterocycles. The number of aromatic nitrogens is 3. The van der Waals surface area contributed by atoms with E-state index in [1.54, 1.807) is 16.2 Å². The summed E-state index contributed by atoms with van der Waals surface area (Å²) < 4.78 is 9.00. The van der Waals surface area contributed by atoms with Gasteiger partial charge in [0.15, 0.2) is 5.58 Å². The number of anilines is 1. The molecule has 0 unspecified atom stereocenters. The van der Waals surface area contributed by atoms with Crippen LogP contribution in [0.3, 0.4) is 0 Å². The van der Waals surface area contributed by atoms with Crippen LogP contribution in [0.4, 0.5) is 5.69 Å². The van der Waals surface area contributed by atoms with Gasteiger partial charge in [0.2, 0.25) is 11.8 Å². The molecule has 5 rings (SSSR count). The van der Waals surface area contributed by atoms with Crippen molar-refractivity contribution in [2.24, 2.45) is 7.05 Å². The monoisotopic (exact) mass is 412 g/mol. The molecule has 0 saturated carbocycles. The first-order valence-corrected chi connectivity index (χ1v) is 10.0. The van der Waals surface area contributed by atoms with E-state index in [1.807, 2.05) is 72.8 Å². The Morgan fingerprint density at radius 2 is 1.68 bits per heavy atom. The second kappa shape index (κ2) is 7.60. The van der Waals surface area contributed by atoms with Gasteiger partial charge in [-0.3, -0.25) is 13.9 Å². The molecular formula is C24H20N4O3. The number of aryl methyl sites for hydroxylation is 2. The van der Waals surface area contributed by atoms with Crippen LogP contribution in [-0.2, 0) is 18.4 Å². The summed E-state index contributed by atoms with van der Waals surface area (Å²) in [6.07, 6.45) is 0.195. The number of hydrogen-bond acceptors (Lipinski definition) is 4.